The molecule has 0 saturated carbocycles. The van der Waals surface area contributed by atoms with E-state index in [1.165, 1.54) is 0 Å². The number of nitrogens with zero attached hydrogens (tertiary/aromatic N) is 3. The average Bonchev–Trinajstić information content (AvgIpc) is 3.52. The minimum atomic E-state index is -0.233. The summed E-state index contributed by atoms with van der Waals surface area (Å²) in [5.74, 6) is 0.416. The van der Waals surface area contributed by atoms with Crippen molar-refractivity contribution in [2.75, 3.05) is 16.8 Å². The normalized spacial score (nSPS) is 16.2. The summed E-state index contributed by atoms with van der Waals surface area (Å²) in [7, 11) is 0. The van der Waals surface area contributed by atoms with Crippen LogP contribution >= 0.6 is 28.1 Å². The first-order chi connectivity index (χ1) is 20.9. The summed E-state index contributed by atoms with van der Waals surface area (Å²) in [6, 6.07) is 33.1. The molecule has 2 aromatic heterocycles. The molecule has 3 aromatic carbocycles. The van der Waals surface area contributed by atoms with Crippen LogP contribution in [0.15, 0.2) is 114 Å². The summed E-state index contributed by atoms with van der Waals surface area (Å²) in [6.45, 7) is 4.19. The van der Waals surface area contributed by atoms with E-state index in [0.717, 1.165) is 38.5 Å². The Labute approximate surface area is 264 Å². The highest BCUT2D eigenvalue weighted by Gasteiger charge is 2.42. The van der Waals surface area contributed by atoms with Crippen LogP contribution in [0.2, 0.25) is 0 Å². The lowest BCUT2D eigenvalue weighted by Crippen LogP contribution is -2.29. The van der Waals surface area contributed by atoms with Gasteiger partial charge in [-0.05, 0) is 104 Å². The number of hydrogen-bond acceptors (Lipinski definition) is 4. The monoisotopic (exact) mass is 651 g/mol. The lowest BCUT2D eigenvalue weighted by molar-refractivity contribution is -0.118. The molecule has 2 N–H and O–H groups in total. The minimum absolute atomic E-state index is 0.0761. The summed E-state index contributed by atoms with van der Waals surface area (Å²) in [5.41, 5.74) is 6.98. The molecule has 216 valence electrons. The van der Waals surface area contributed by atoms with Crippen LogP contribution in [0.5, 0.6) is 5.75 Å². The van der Waals surface area contributed by atoms with Gasteiger partial charge in [-0.25, -0.2) is 0 Å². The van der Waals surface area contributed by atoms with Crippen LogP contribution in [-0.4, -0.2) is 27.2 Å². The highest BCUT2D eigenvalue weighted by atomic mass is 79.9. The van der Waals surface area contributed by atoms with Crippen molar-refractivity contribution in [3.63, 3.8) is 0 Å². The predicted molar refractivity (Wildman–Crippen MR) is 178 cm³/mol. The lowest BCUT2D eigenvalue weighted by atomic mass is 9.96. The van der Waals surface area contributed by atoms with E-state index in [2.05, 4.69) is 68.1 Å². The molecular formula is C34H30BrN5O2S. The molecular weight excluding hydrogens is 622 g/mol. The Balaban J connectivity index is 1.31. The Morgan fingerprint density at radius 2 is 1.72 bits per heavy atom. The Hall–Kier alpha value is -4.47. The summed E-state index contributed by atoms with van der Waals surface area (Å²) < 4.78 is 8.87. The highest BCUT2D eigenvalue weighted by Crippen LogP contribution is 2.44. The number of hydrogen-bond donors (Lipinski definition) is 2. The van der Waals surface area contributed by atoms with Crippen molar-refractivity contribution in [3.05, 3.63) is 136 Å². The Morgan fingerprint density at radius 1 is 0.953 bits per heavy atom. The van der Waals surface area contributed by atoms with Gasteiger partial charge in [0.1, 0.15) is 5.75 Å². The van der Waals surface area contributed by atoms with Crippen LogP contribution in [0.25, 0.3) is 5.69 Å². The molecule has 1 fully saturated rings. The van der Waals surface area contributed by atoms with Gasteiger partial charge in [-0.3, -0.25) is 9.78 Å². The number of halogens is 1. The highest BCUT2D eigenvalue weighted by molar-refractivity contribution is 9.10. The molecule has 3 heterocycles. The zero-order valence-electron chi connectivity index (χ0n) is 23.7. The van der Waals surface area contributed by atoms with Crippen molar-refractivity contribution >= 4 is 50.5 Å². The molecule has 0 radical (unpaired) electrons. The SMILES string of the molecule is Cc1cc([C@@H]2[C@H](c3ccccn3)NC(=S)N2c2ccc(NC(=O)COc3ccccc3)cc2)c(C)n1-c1cccc(Br)c1. The largest absolute Gasteiger partial charge is 0.484 e. The number of rotatable bonds is 8. The number of benzene rings is 3. The second-order valence-electron chi connectivity index (χ2n) is 10.3. The van der Waals surface area contributed by atoms with Crippen LogP contribution in [0.3, 0.4) is 0 Å². The smallest absolute Gasteiger partial charge is 0.262 e. The molecule has 1 aliphatic heterocycles. The van der Waals surface area contributed by atoms with Crippen molar-refractivity contribution in [2.24, 2.45) is 0 Å². The third-order valence-corrected chi connectivity index (χ3v) is 8.30. The number of pyridine rings is 1. The van der Waals surface area contributed by atoms with Crippen LogP contribution in [0.4, 0.5) is 11.4 Å². The average molecular weight is 653 g/mol. The Bertz CT molecular complexity index is 1760. The van der Waals surface area contributed by atoms with Gasteiger partial charge in [0.15, 0.2) is 11.7 Å². The molecule has 6 rings (SSSR count). The van der Waals surface area contributed by atoms with Crippen molar-refractivity contribution in [3.8, 4) is 11.4 Å². The van der Waals surface area contributed by atoms with Gasteiger partial charge in [-0.1, -0.05) is 46.3 Å². The molecule has 0 aliphatic carbocycles. The zero-order valence-corrected chi connectivity index (χ0v) is 26.1. The first kappa shape index (κ1) is 28.6. The summed E-state index contributed by atoms with van der Waals surface area (Å²) in [4.78, 5) is 19.4. The number of ether oxygens (including phenoxy) is 1. The number of anilines is 2. The van der Waals surface area contributed by atoms with Crippen molar-refractivity contribution in [1.29, 1.82) is 0 Å². The van der Waals surface area contributed by atoms with E-state index in [9.17, 15) is 4.79 Å². The fourth-order valence-corrected chi connectivity index (χ4v) is 6.35. The molecule has 0 bridgehead atoms. The molecule has 1 amide bonds. The van der Waals surface area contributed by atoms with Crippen molar-refractivity contribution in [1.82, 2.24) is 14.9 Å². The van der Waals surface area contributed by atoms with Crippen molar-refractivity contribution < 1.29 is 9.53 Å². The predicted octanol–water partition coefficient (Wildman–Crippen LogP) is 7.45. The molecule has 43 heavy (non-hydrogen) atoms. The van der Waals surface area contributed by atoms with Gasteiger partial charge in [0.05, 0.1) is 17.8 Å². The van der Waals surface area contributed by atoms with E-state index < -0.39 is 0 Å². The lowest BCUT2D eigenvalue weighted by Gasteiger charge is -2.28. The summed E-state index contributed by atoms with van der Waals surface area (Å²) in [5, 5.41) is 7.07. The van der Waals surface area contributed by atoms with E-state index in [0.29, 0.717) is 16.5 Å². The first-order valence-corrected chi connectivity index (χ1v) is 15.1. The molecule has 0 unspecified atom stereocenters. The molecule has 2 atom stereocenters. The molecule has 5 aromatic rings. The Kier molecular flexibility index (Phi) is 8.26. The fourth-order valence-electron chi connectivity index (χ4n) is 5.62. The molecule has 7 nitrogen and oxygen atoms in total. The van der Waals surface area contributed by atoms with Gasteiger partial charge < -0.3 is 24.8 Å². The number of nitrogens with one attached hydrogen (secondary N) is 2. The van der Waals surface area contributed by atoms with Crippen molar-refractivity contribution in [2.45, 2.75) is 25.9 Å². The number of carbonyl (C=O) groups excluding carboxylic acids is 1. The van der Waals surface area contributed by atoms with Gasteiger partial charge in [-0.2, -0.15) is 0 Å². The molecule has 1 saturated heterocycles. The number of aryl methyl sites for hydroxylation is 1. The molecule has 9 heteroatoms. The van der Waals surface area contributed by atoms with Crippen LogP contribution in [0.1, 0.15) is 34.7 Å². The maximum atomic E-state index is 12.5. The van der Waals surface area contributed by atoms with Gasteiger partial charge >= 0.3 is 0 Å². The third kappa shape index (κ3) is 6.04. The topological polar surface area (TPSA) is 71.4 Å². The van der Waals surface area contributed by atoms with E-state index in [4.69, 9.17) is 21.9 Å². The van der Waals surface area contributed by atoms with Crippen LogP contribution < -0.4 is 20.3 Å². The van der Waals surface area contributed by atoms with Gasteiger partial charge in [0, 0.05) is 39.1 Å². The van der Waals surface area contributed by atoms with Crippen LogP contribution in [0, 0.1) is 13.8 Å². The first-order valence-electron chi connectivity index (χ1n) is 13.9. The van der Waals surface area contributed by atoms with Crippen LogP contribution in [-0.2, 0) is 4.79 Å². The fraction of sp³-hybridized carbons (Fsp3) is 0.147. The van der Waals surface area contributed by atoms with Gasteiger partial charge in [-0.15, -0.1) is 0 Å². The number of aromatic nitrogens is 2. The number of thiocarbonyl (C=S) groups is 1. The zero-order chi connectivity index (χ0) is 29.9. The number of para-hydroxylation sites is 1. The van der Waals surface area contributed by atoms with E-state index in [1.54, 1.807) is 0 Å². The second kappa shape index (κ2) is 12.4. The Morgan fingerprint density at radius 3 is 2.44 bits per heavy atom. The standard InChI is InChI=1S/C34H30BrN5O2S/c1-22-19-29(23(2)39(22)27-10-8-9-24(35)20-27)33-32(30-13-6-7-18-36-30)38-34(43)40(33)26-16-14-25(15-17-26)37-31(41)21-42-28-11-4-3-5-12-28/h3-20,32-33H,21H2,1-2H3,(H,37,41)(H,38,43)/t32-,33+/m0/s1. The number of carbonyl (C=O) groups is 1. The second-order valence-corrected chi connectivity index (χ2v) is 11.6. The summed E-state index contributed by atoms with van der Waals surface area (Å²) in [6.07, 6.45) is 1.81. The van der Waals surface area contributed by atoms with E-state index in [-0.39, 0.29) is 24.6 Å². The summed E-state index contributed by atoms with van der Waals surface area (Å²) >= 11 is 9.56. The van der Waals surface area contributed by atoms with Gasteiger partial charge in [0.2, 0.25) is 0 Å². The number of amides is 1. The maximum absolute atomic E-state index is 12.5. The third-order valence-electron chi connectivity index (χ3n) is 7.50. The molecule has 0 spiro atoms. The minimum Gasteiger partial charge on any atom is -0.484 e. The van der Waals surface area contributed by atoms with E-state index in [1.807, 2.05) is 91.1 Å². The quantitative estimate of drug-likeness (QED) is 0.170. The van der Waals surface area contributed by atoms with Gasteiger partial charge in [0.25, 0.3) is 5.91 Å². The van der Waals surface area contributed by atoms with E-state index >= 15 is 0 Å². The maximum Gasteiger partial charge on any atom is 0.262 e. The molecule has 1 aliphatic rings.